The van der Waals surface area contributed by atoms with Crippen LogP contribution in [0.15, 0.2) is 24.3 Å². The van der Waals surface area contributed by atoms with Gasteiger partial charge in [-0.15, -0.1) is 0 Å². The first-order chi connectivity index (χ1) is 14.9. The van der Waals surface area contributed by atoms with Gasteiger partial charge in [0, 0.05) is 20.1 Å². The largest absolute Gasteiger partial charge is 0.341 e. The monoisotopic (exact) mass is 425 g/mol. The van der Waals surface area contributed by atoms with Gasteiger partial charge in [-0.25, -0.2) is 4.79 Å². The predicted octanol–water partition coefficient (Wildman–Crippen LogP) is 3.76. The van der Waals surface area contributed by atoms with Gasteiger partial charge in [-0.3, -0.25) is 14.5 Å². The van der Waals surface area contributed by atoms with Gasteiger partial charge in [-0.05, 0) is 56.9 Å². The number of rotatable bonds is 5. The smallest absolute Gasteiger partial charge is 0.327 e. The van der Waals surface area contributed by atoms with Crippen LogP contribution in [0.4, 0.5) is 4.79 Å². The fourth-order valence-corrected chi connectivity index (χ4v) is 5.50. The summed E-state index contributed by atoms with van der Waals surface area (Å²) < 4.78 is 0. The van der Waals surface area contributed by atoms with E-state index in [2.05, 4.69) is 31.2 Å². The molecular formula is C25H35N3O3. The van der Waals surface area contributed by atoms with Crippen LogP contribution in [0.3, 0.4) is 0 Å². The van der Waals surface area contributed by atoms with Gasteiger partial charge in [-0.2, -0.15) is 0 Å². The van der Waals surface area contributed by atoms with Gasteiger partial charge in [0.15, 0.2) is 0 Å². The van der Waals surface area contributed by atoms with Crippen LogP contribution in [0.25, 0.3) is 0 Å². The second-order valence-corrected chi connectivity index (χ2v) is 9.67. The number of imide groups is 1. The lowest BCUT2D eigenvalue weighted by molar-refractivity contribution is -0.141. The van der Waals surface area contributed by atoms with Crippen LogP contribution in [0.1, 0.15) is 62.5 Å². The topological polar surface area (TPSA) is 60.9 Å². The number of likely N-dealkylation sites (N-methyl/N-ethyl adjacent to an activating group) is 1. The SMILES string of the molecule is Cc1ccc(CCC2CCN(C(=O)CN3C(=O)N(C)C4(CCCCC4)C3=O)CC2)cc1. The van der Waals surface area contributed by atoms with Gasteiger partial charge >= 0.3 is 6.03 Å². The van der Waals surface area contributed by atoms with E-state index < -0.39 is 5.54 Å². The Kier molecular flexibility index (Phi) is 6.35. The molecule has 1 saturated carbocycles. The third-order valence-corrected chi connectivity index (χ3v) is 7.71. The molecule has 0 atom stereocenters. The summed E-state index contributed by atoms with van der Waals surface area (Å²) in [4.78, 5) is 43.4. The van der Waals surface area contributed by atoms with Crippen molar-refractivity contribution in [2.45, 2.75) is 70.3 Å². The molecule has 4 amide bonds. The highest BCUT2D eigenvalue weighted by Crippen LogP contribution is 2.39. The third-order valence-electron chi connectivity index (χ3n) is 7.71. The number of hydrogen-bond donors (Lipinski definition) is 0. The molecule has 2 saturated heterocycles. The molecule has 0 N–H and O–H groups in total. The highest BCUT2D eigenvalue weighted by molar-refractivity contribution is 6.08. The normalized spacial score (nSPS) is 21.9. The lowest BCUT2D eigenvalue weighted by Gasteiger charge is -2.36. The number of carbonyl (C=O) groups excluding carboxylic acids is 3. The van der Waals surface area contributed by atoms with Crippen LogP contribution >= 0.6 is 0 Å². The van der Waals surface area contributed by atoms with Crippen LogP contribution in [0, 0.1) is 12.8 Å². The molecule has 1 aromatic carbocycles. The van der Waals surface area contributed by atoms with Crippen LogP contribution < -0.4 is 0 Å². The van der Waals surface area contributed by atoms with Crippen molar-refractivity contribution in [2.24, 2.45) is 5.92 Å². The van der Waals surface area contributed by atoms with Crippen LogP contribution in [0.5, 0.6) is 0 Å². The van der Waals surface area contributed by atoms with Crippen molar-refractivity contribution in [3.8, 4) is 0 Å². The van der Waals surface area contributed by atoms with Gasteiger partial charge in [0.1, 0.15) is 12.1 Å². The minimum atomic E-state index is -0.710. The van der Waals surface area contributed by atoms with Crippen LogP contribution in [-0.4, -0.2) is 64.8 Å². The second kappa shape index (κ2) is 9.01. The summed E-state index contributed by atoms with van der Waals surface area (Å²) in [6.07, 6.45) is 8.64. The first kappa shape index (κ1) is 21.8. The zero-order valence-corrected chi connectivity index (χ0v) is 18.9. The molecule has 0 radical (unpaired) electrons. The zero-order valence-electron chi connectivity index (χ0n) is 18.9. The van der Waals surface area contributed by atoms with E-state index in [-0.39, 0.29) is 24.4 Å². The summed E-state index contributed by atoms with van der Waals surface area (Å²) in [6.45, 7) is 3.42. The molecule has 6 heteroatoms. The Morgan fingerprint density at radius 2 is 1.68 bits per heavy atom. The molecule has 4 rings (SSSR count). The van der Waals surface area contributed by atoms with Gasteiger partial charge < -0.3 is 9.80 Å². The van der Waals surface area contributed by atoms with Gasteiger partial charge in [0.2, 0.25) is 5.91 Å². The van der Waals surface area contributed by atoms with Gasteiger partial charge in [-0.1, -0.05) is 49.1 Å². The average Bonchev–Trinajstić information content (AvgIpc) is 2.96. The second-order valence-electron chi connectivity index (χ2n) is 9.67. The molecule has 3 aliphatic rings. The minimum Gasteiger partial charge on any atom is -0.341 e. The summed E-state index contributed by atoms with van der Waals surface area (Å²) in [5, 5.41) is 0. The number of benzene rings is 1. The van der Waals surface area contributed by atoms with E-state index in [4.69, 9.17) is 0 Å². The van der Waals surface area contributed by atoms with E-state index >= 15 is 0 Å². The maximum atomic E-state index is 13.1. The molecule has 1 aliphatic carbocycles. The number of hydrogen-bond acceptors (Lipinski definition) is 3. The summed E-state index contributed by atoms with van der Waals surface area (Å²) >= 11 is 0. The van der Waals surface area contributed by atoms with E-state index in [1.165, 1.54) is 16.0 Å². The Morgan fingerprint density at radius 1 is 1.03 bits per heavy atom. The maximum Gasteiger partial charge on any atom is 0.327 e. The summed E-state index contributed by atoms with van der Waals surface area (Å²) in [5.74, 6) is 0.359. The molecule has 3 fully saturated rings. The van der Waals surface area contributed by atoms with Crippen molar-refractivity contribution < 1.29 is 14.4 Å². The van der Waals surface area contributed by atoms with Crippen molar-refractivity contribution in [1.82, 2.24) is 14.7 Å². The molecule has 2 heterocycles. The molecule has 1 aromatic rings. The number of amides is 4. The maximum absolute atomic E-state index is 13.1. The van der Waals surface area contributed by atoms with E-state index in [1.54, 1.807) is 11.9 Å². The van der Waals surface area contributed by atoms with E-state index in [1.807, 2.05) is 4.90 Å². The van der Waals surface area contributed by atoms with Crippen molar-refractivity contribution in [3.63, 3.8) is 0 Å². The molecule has 1 spiro atoms. The number of piperidine rings is 1. The quantitative estimate of drug-likeness (QED) is 0.675. The van der Waals surface area contributed by atoms with Gasteiger partial charge in [0.25, 0.3) is 5.91 Å². The summed E-state index contributed by atoms with van der Waals surface area (Å²) in [7, 11) is 1.72. The molecule has 168 valence electrons. The molecule has 0 unspecified atom stereocenters. The van der Waals surface area contributed by atoms with Crippen molar-refractivity contribution in [1.29, 1.82) is 0 Å². The van der Waals surface area contributed by atoms with Crippen molar-refractivity contribution in [2.75, 3.05) is 26.7 Å². The summed E-state index contributed by atoms with van der Waals surface area (Å²) in [5.41, 5.74) is 1.94. The van der Waals surface area contributed by atoms with E-state index in [0.29, 0.717) is 31.8 Å². The van der Waals surface area contributed by atoms with Crippen molar-refractivity contribution in [3.05, 3.63) is 35.4 Å². The first-order valence-electron chi connectivity index (χ1n) is 11.8. The molecule has 6 nitrogen and oxygen atoms in total. The van der Waals surface area contributed by atoms with Gasteiger partial charge in [0.05, 0.1) is 0 Å². The molecular weight excluding hydrogens is 390 g/mol. The zero-order chi connectivity index (χ0) is 22.0. The number of carbonyl (C=O) groups is 3. The number of urea groups is 1. The Labute approximate surface area is 185 Å². The average molecular weight is 426 g/mol. The van der Waals surface area contributed by atoms with E-state index in [0.717, 1.165) is 44.9 Å². The lowest BCUT2D eigenvalue weighted by Crippen LogP contribution is -2.50. The Balaban J connectivity index is 1.27. The number of likely N-dealkylation sites (tertiary alicyclic amines) is 1. The standard InChI is InChI=1S/C25H35N3O3/c1-19-6-8-20(9-7-19)10-11-21-12-16-27(17-13-21)22(29)18-28-23(30)25(26(2)24(28)31)14-4-3-5-15-25/h6-9,21H,3-5,10-18H2,1-2H3. The Bertz CT molecular complexity index is 821. The highest BCUT2D eigenvalue weighted by atomic mass is 16.2. The first-order valence-corrected chi connectivity index (χ1v) is 11.8. The molecule has 0 bridgehead atoms. The summed E-state index contributed by atoms with van der Waals surface area (Å²) in [6, 6.07) is 8.41. The molecule has 2 aliphatic heterocycles. The number of nitrogens with zero attached hydrogens (tertiary/aromatic N) is 3. The lowest BCUT2D eigenvalue weighted by atomic mass is 9.81. The third kappa shape index (κ3) is 4.35. The Morgan fingerprint density at radius 3 is 2.32 bits per heavy atom. The van der Waals surface area contributed by atoms with Crippen molar-refractivity contribution >= 4 is 17.8 Å². The number of aryl methyl sites for hydroxylation is 2. The Hall–Kier alpha value is -2.37. The fourth-order valence-electron chi connectivity index (χ4n) is 5.50. The molecule has 0 aromatic heterocycles. The highest BCUT2D eigenvalue weighted by Gasteiger charge is 2.56. The van der Waals surface area contributed by atoms with E-state index in [9.17, 15) is 14.4 Å². The molecule has 31 heavy (non-hydrogen) atoms. The predicted molar refractivity (Wildman–Crippen MR) is 119 cm³/mol. The van der Waals surface area contributed by atoms with Crippen LogP contribution in [0.2, 0.25) is 0 Å². The van der Waals surface area contributed by atoms with Crippen LogP contribution in [-0.2, 0) is 16.0 Å². The fraction of sp³-hybridized carbons (Fsp3) is 0.640. The minimum absolute atomic E-state index is 0.0973.